The molecular formula is C13H16F3OP. The molecule has 0 aliphatic carbocycles. The summed E-state index contributed by atoms with van der Waals surface area (Å²) in [6.07, 6.45) is -1.57. The smallest absolute Gasteiger partial charge is 0.319 e. The summed E-state index contributed by atoms with van der Waals surface area (Å²) >= 11 is 0. The summed E-state index contributed by atoms with van der Waals surface area (Å²) < 4.78 is 51.4. The highest BCUT2D eigenvalue weighted by Gasteiger charge is 2.36. The van der Waals surface area contributed by atoms with Gasteiger partial charge in [-0.05, 0) is 49.9 Å². The molecule has 0 radical (unpaired) electrons. The third kappa shape index (κ3) is 2.35. The Morgan fingerprint density at radius 2 is 1.67 bits per heavy atom. The van der Waals surface area contributed by atoms with E-state index in [0.29, 0.717) is 23.2 Å². The van der Waals surface area contributed by atoms with Gasteiger partial charge < -0.3 is 4.57 Å². The molecule has 18 heavy (non-hydrogen) atoms. The van der Waals surface area contributed by atoms with Crippen molar-refractivity contribution in [1.29, 1.82) is 0 Å². The van der Waals surface area contributed by atoms with Crippen LogP contribution in [0.4, 0.5) is 13.2 Å². The van der Waals surface area contributed by atoms with E-state index in [0.717, 1.165) is 18.9 Å². The van der Waals surface area contributed by atoms with Gasteiger partial charge in [-0.2, -0.15) is 13.2 Å². The van der Waals surface area contributed by atoms with Crippen molar-refractivity contribution in [2.75, 3.05) is 12.3 Å². The number of hydrogen-bond acceptors (Lipinski definition) is 1. The number of rotatable bonds is 1. The molecule has 0 unspecified atom stereocenters. The molecule has 1 fully saturated rings. The van der Waals surface area contributed by atoms with E-state index >= 15 is 0 Å². The number of aryl methyl sites for hydroxylation is 1. The maximum absolute atomic E-state index is 12.9. The number of alkyl halides is 3. The Kier molecular flexibility index (Phi) is 3.35. The zero-order valence-corrected chi connectivity index (χ0v) is 11.4. The summed E-state index contributed by atoms with van der Waals surface area (Å²) in [6, 6.07) is 2.78. The van der Waals surface area contributed by atoms with E-state index in [4.69, 9.17) is 0 Å². The van der Waals surface area contributed by atoms with Crippen LogP contribution < -0.4 is 5.30 Å². The van der Waals surface area contributed by atoms with Crippen molar-refractivity contribution < 1.29 is 17.7 Å². The van der Waals surface area contributed by atoms with Gasteiger partial charge in [0, 0.05) is 17.6 Å². The molecule has 0 N–H and O–H groups in total. The molecule has 0 aromatic heterocycles. The number of benzene rings is 1. The van der Waals surface area contributed by atoms with E-state index < -0.39 is 18.9 Å². The largest absolute Gasteiger partial charge is 0.416 e. The van der Waals surface area contributed by atoms with Crippen LogP contribution in [0, 0.1) is 13.8 Å². The van der Waals surface area contributed by atoms with Crippen molar-refractivity contribution in [3.63, 3.8) is 0 Å². The standard InChI is InChI=1S/C13H16F3OP/c1-9-7-11(18(17)5-3-4-6-18)8-12(10(9)2)13(14,15)16/h7-8H,3-6H2,1-2H3. The Balaban J connectivity index is 2.58. The average molecular weight is 276 g/mol. The van der Waals surface area contributed by atoms with Crippen molar-refractivity contribution in [2.45, 2.75) is 32.9 Å². The van der Waals surface area contributed by atoms with Crippen molar-refractivity contribution in [1.82, 2.24) is 0 Å². The summed E-state index contributed by atoms with van der Waals surface area (Å²) in [7, 11) is -2.57. The van der Waals surface area contributed by atoms with Crippen LogP contribution in [-0.4, -0.2) is 12.3 Å². The molecule has 100 valence electrons. The average Bonchev–Trinajstić information content (AvgIpc) is 2.68. The van der Waals surface area contributed by atoms with Gasteiger partial charge in [0.1, 0.15) is 7.14 Å². The minimum atomic E-state index is -4.37. The van der Waals surface area contributed by atoms with Crippen LogP contribution in [0.5, 0.6) is 0 Å². The maximum Gasteiger partial charge on any atom is 0.416 e. The third-order valence-corrected chi connectivity index (χ3v) is 6.99. The van der Waals surface area contributed by atoms with Gasteiger partial charge in [0.05, 0.1) is 5.56 Å². The second-order valence-corrected chi connectivity index (χ2v) is 8.17. The highest BCUT2D eigenvalue weighted by Crippen LogP contribution is 2.51. The Morgan fingerprint density at radius 3 is 2.17 bits per heavy atom. The van der Waals surface area contributed by atoms with Gasteiger partial charge in [0.25, 0.3) is 0 Å². The lowest BCUT2D eigenvalue weighted by Gasteiger charge is -2.18. The van der Waals surface area contributed by atoms with Crippen molar-refractivity contribution in [3.05, 3.63) is 28.8 Å². The molecule has 1 aliphatic heterocycles. The molecule has 2 rings (SSSR count). The first-order chi connectivity index (χ1) is 8.24. The molecule has 0 bridgehead atoms. The molecule has 0 saturated carbocycles. The predicted molar refractivity (Wildman–Crippen MR) is 67.1 cm³/mol. The van der Waals surface area contributed by atoms with Crippen LogP contribution in [0.15, 0.2) is 12.1 Å². The number of halogens is 3. The maximum atomic E-state index is 12.9. The fourth-order valence-electron chi connectivity index (χ4n) is 2.47. The first kappa shape index (κ1) is 13.7. The Morgan fingerprint density at radius 1 is 1.11 bits per heavy atom. The van der Waals surface area contributed by atoms with E-state index in [1.165, 1.54) is 6.92 Å². The summed E-state index contributed by atoms with van der Waals surface area (Å²) in [5.41, 5.74) is 0.165. The fourth-order valence-corrected chi connectivity index (χ4v) is 5.48. The molecule has 1 aromatic rings. The summed E-state index contributed by atoms with van der Waals surface area (Å²) in [6.45, 7) is 3.11. The number of hydrogen-bond donors (Lipinski definition) is 0. The van der Waals surface area contributed by atoms with Gasteiger partial charge in [-0.1, -0.05) is 0 Å². The second-order valence-electron chi connectivity index (χ2n) is 4.98. The normalized spacial score (nSPS) is 19.2. The minimum Gasteiger partial charge on any atom is -0.319 e. The zero-order chi connectivity index (χ0) is 13.6. The van der Waals surface area contributed by atoms with Crippen molar-refractivity contribution >= 4 is 12.4 Å². The Labute approximate surface area is 105 Å². The lowest BCUT2D eigenvalue weighted by Crippen LogP contribution is -2.16. The Bertz CT molecular complexity index is 510. The Hall–Kier alpha value is -0.760. The summed E-state index contributed by atoms with van der Waals surface area (Å²) in [5, 5.41) is 0.412. The summed E-state index contributed by atoms with van der Waals surface area (Å²) in [4.78, 5) is 0. The van der Waals surface area contributed by atoms with Gasteiger partial charge in [-0.15, -0.1) is 0 Å². The molecule has 0 amide bonds. The fraction of sp³-hybridized carbons (Fsp3) is 0.538. The van der Waals surface area contributed by atoms with Crippen molar-refractivity contribution in [2.24, 2.45) is 0 Å². The lowest BCUT2D eigenvalue weighted by atomic mass is 10.0. The van der Waals surface area contributed by atoms with Gasteiger partial charge in [0.15, 0.2) is 0 Å². The van der Waals surface area contributed by atoms with E-state index in [-0.39, 0.29) is 5.56 Å². The zero-order valence-electron chi connectivity index (χ0n) is 10.5. The molecule has 0 atom stereocenters. The van der Waals surface area contributed by atoms with Crippen LogP contribution >= 0.6 is 7.14 Å². The van der Waals surface area contributed by atoms with Gasteiger partial charge in [0.2, 0.25) is 0 Å². The van der Waals surface area contributed by atoms with Gasteiger partial charge in [-0.3, -0.25) is 0 Å². The van der Waals surface area contributed by atoms with E-state index in [1.54, 1.807) is 13.0 Å². The molecule has 1 nitrogen and oxygen atoms in total. The van der Waals surface area contributed by atoms with E-state index in [2.05, 4.69) is 0 Å². The van der Waals surface area contributed by atoms with Crippen LogP contribution in [-0.2, 0) is 10.7 Å². The monoisotopic (exact) mass is 276 g/mol. The lowest BCUT2D eigenvalue weighted by molar-refractivity contribution is -0.138. The topological polar surface area (TPSA) is 17.1 Å². The molecule has 0 spiro atoms. The van der Waals surface area contributed by atoms with E-state index in [1.807, 2.05) is 0 Å². The van der Waals surface area contributed by atoms with Crippen molar-refractivity contribution in [3.8, 4) is 0 Å². The molecular weight excluding hydrogens is 260 g/mol. The first-order valence-electron chi connectivity index (χ1n) is 6.01. The minimum absolute atomic E-state index is 0.233. The van der Waals surface area contributed by atoms with Gasteiger partial charge in [-0.25, -0.2) is 0 Å². The quantitative estimate of drug-likeness (QED) is 0.706. The van der Waals surface area contributed by atoms with Gasteiger partial charge >= 0.3 is 6.18 Å². The van der Waals surface area contributed by atoms with E-state index in [9.17, 15) is 17.7 Å². The molecule has 1 saturated heterocycles. The molecule has 1 heterocycles. The van der Waals surface area contributed by atoms with Crippen LogP contribution in [0.25, 0.3) is 0 Å². The third-order valence-electron chi connectivity index (χ3n) is 3.72. The predicted octanol–water partition coefficient (Wildman–Crippen LogP) is 4.10. The SMILES string of the molecule is Cc1cc(P2(=O)CCCC2)cc(C(F)(F)F)c1C. The highest BCUT2D eigenvalue weighted by atomic mass is 31.2. The van der Waals surface area contributed by atoms with Crippen LogP contribution in [0.3, 0.4) is 0 Å². The molecule has 1 aromatic carbocycles. The molecule has 1 aliphatic rings. The first-order valence-corrected chi connectivity index (χ1v) is 8.09. The van der Waals surface area contributed by atoms with Crippen LogP contribution in [0.1, 0.15) is 29.5 Å². The second kappa shape index (κ2) is 4.41. The van der Waals surface area contributed by atoms with Crippen LogP contribution in [0.2, 0.25) is 0 Å². The highest BCUT2D eigenvalue weighted by molar-refractivity contribution is 7.71. The summed E-state index contributed by atoms with van der Waals surface area (Å²) in [5.74, 6) is 0. The molecule has 5 heteroatoms.